The summed E-state index contributed by atoms with van der Waals surface area (Å²) in [4.78, 5) is 7.09. The van der Waals surface area contributed by atoms with Crippen LogP contribution in [0.1, 0.15) is 50.2 Å². The molecule has 0 aromatic heterocycles. The van der Waals surface area contributed by atoms with Gasteiger partial charge in [0.1, 0.15) is 0 Å². The molecular formula is C21H33ClN4O. The molecule has 0 bridgehead atoms. The predicted octanol–water partition coefficient (Wildman–Crippen LogP) is 3.60. The maximum Gasteiger partial charge on any atom is 0.191 e. The summed E-state index contributed by atoms with van der Waals surface area (Å²) in [7, 11) is 3.55. The van der Waals surface area contributed by atoms with Crippen molar-refractivity contribution in [2.75, 3.05) is 33.8 Å². The van der Waals surface area contributed by atoms with Crippen LogP contribution in [0.25, 0.3) is 0 Å². The molecule has 0 amide bonds. The van der Waals surface area contributed by atoms with E-state index in [1.807, 2.05) is 31.3 Å². The van der Waals surface area contributed by atoms with E-state index in [4.69, 9.17) is 16.3 Å². The van der Waals surface area contributed by atoms with E-state index in [9.17, 15) is 0 Å². The van der Waals surface area contributed by atoms with E-state index in [1.165, 1.54) is 51.6 Å². The van der Waals surface area contributed by atoms with Crippen molar-refractivity contribution in [3.63, 3.8) is 0 Å². The van der Waals surface area contributed by atoms with Crippen LogP contribution in [0.4, 0.5) is 0 Å². The molecular weight excluding hydrogens is 360 g/mol. The molecule has 1 aliphatic carbocycles. The highest BCUT2D eigenvalue weighted by Gasteiger charge is 2.27. The number of likely N-dealkylation sites (tertiary alicyclic amines) is 1. The fraction of sp³-hybridized carbons (Fsp3) is 0.667. The Morgan fingerprint density at radius 3 is 2.63 bits per heavy atom. The van der Waals surface area contributed by atoms with Gasteiger partial charge in [-0.1, -0.05) is 36.6 Å². The van der Waals surface area contributed by atoms with E-state index in [0.29, 0.717) is 12.6 Å². The Kier molecular flexibility index (Phi) is 7.80. The van der Waals surface area contributed by atoms with Crippen LogP contribution in [0.5, 0.6) is 0 Å². The van der Waals surface area contributed by atoms with Gasteiger partial charge < -0.3 is 20.3 Å². The van der Waals surface area contributed by atoms with Gasteiger partial charge in [0.15, 0.2) is 5.96 Å². The number of aliphatic imine (C=N–C) groups is 1. The molecule has 2 N–H and O–H groups in total. The summed E-state index contributed by atoms with van der Waals surface area (Å²) in [6, 6.07) is 9.14. The Hall–Kier alpha value is -1.30. The highest BCUT2D eigenvalue weighted by Crippen LogP contribution is 2.26. The van der Waals surface area contributed by atoms with Crippen LogP contribution < -0.4 is 10.6 Å². The van der Waals surface area contributed by atoms with Crippen LogP contribution in [-0.4, -0.2) is 56.7 Å². The number of nitrogens with zero attached hydrogens (tertiary/aromatic N) is 2. The van der Waals surface area contributed by atoms with Crippen molar-refractivity contribution >= 4 is 17.6 Å². The first-order chi connectivity index (χ1) is 13.2. The Morgan fingerprint density at radius 1 is 1.26 bits per heavy atom. The van der Waals surface area contributed by atoms with E-state index < -0.39 is 0 Å². The molecule has 0 spiro atoms. The Balaban J connectivity index is 1.45. The number of piperidine rings is 1. The van der Waals surface area contributed by atoms with Gasteiger partial charge in [-0.3, -0.25) is 4.99 Å². The summed E-state index contributed by atoms with van der Waals surface area (Å²) in [5.74, 6) is 0.846. The average molecular weight is 393 g/mol. The summed E-state index contributed by atoms with van der Waals surface area (Å²) in [5, 5.41) is 7.73. The van der Waals surface area contributed by atoms with Gasteiger partial charge in [0.2, 0.25) is 0 Å². The molecule has 2 aliphatic rings. The molecule has 0 radical (unpaired) electrons. The first-order valence-electron chi connectivity index (χ1n) is 10.2. The van der Waals surface area contributed by atoms with Crippen LogP contribution in [0, 0.1) is 0 Å². The molecule has 1 aromatic rings. The van der Waals surface area contributed by atoms with Gasteiger partial charge in [0.25, 0.3) is 0 Å². The van der Waals surface area contributed by atoms with Crippen LogP contribution in [0.2, 0.25) is 5.02 Å². The maximum atomic E-state index is 6.11. The second-order valence-electron chi connectivity index (χ2n) is 7.63. The van der Waals surface area contributed by atoms with E-state index in [1.54, 1.807) is 7.11 Å². The topological polar surface area (TPSA) is 48.9 Å². The third-order valence-corrected chi connectivity index (χ3v) is 6.13. The molecule has 1 atom stereocenters. The van der Waals surface area contributed by atoms with E-state index in [0.717, 1.165) is 22.6 Å². The van der Waals surface area contributed by atoms with Gasteiger partial charge in [-0.2, -0.15) is 0 Å². The van der Waals surface area contributed by atoms with Crippen LogP contribution in [0.3, 0.4) is 0 Å². The SMILES string of the molecule is CN=C(NCC(OC)c1cccc(Cl)c1)NC1CCN(C2CCCC2)CC1. The molecule has 2 fully saturated rings. The van der Waals surface area contributed by atoms with Crippen LogP contribution in [-0.2, 0) is 4.74 Å². The second kappa shape index (κ2) is 10.3. The smallest absolute Gasteiger partial charge is 0.191 e. The number of benzene rings is 1. The standard InChI is InChI=1S/C21H33ClN4O/c1-23-21(24-15-20(27-2)16-6-5-7-17(22)14-16)25-18-10-12-26(13-11-18)19-8-3-4-9-19/h5-7,14,18-20H,3-4,8-13,15H2,1-2H3,(H2,23,24,25). The zero-order valence-corrected chi connectivity index (χ0v) is 17.3. The van der Waals surface area contributed by atoms with E-state index in [-0.39, 0.29) is 6.10 Å². The lowest BCUT2D eigenvalue weighted by Gasteiger charge is -2.36. The highest BCUT2D eigenvalue weighted by molar-refractivity contribution is 6.30. The van der Waals surface area contributed by atoms with Crippen molar-refractivity contribution in [2.45, 2.75) is 56.7 Å². The molecule has 27 heavy (non-hydrogen) atoms. The zero-order chi connectivity index (χ0) is 19.1. The van der Waals surface area contributed by atoms with Gasteiger partial charge in [-0.25, -0.2) is 0 Å². The van der Waals surface area contributed by atoms with Crippen molar-refractivity contribution in [1.82, 2.24) is 15.5 Å². The Labute approximate surface area is 168 Å². The number of hydrogen-bond acceptors (Lipinski definition) is 3. The van der Waals surface area contributed by atoms with Crippen molar-refractivity contribution in [1.29, 1.82) is 0 Å². The highest BCUT2D eigenvalue weighted by atomic mass is 35.5. The minimum Gasteiger partial charge on any atom is -0.375 e. The lowest BCUT2D eigenvalue weighted by Crippen LogP contribution is -2.50. The number of hydrogen-bond donors (Lipinski definition) is 2. The minimum absolute atomic E-state index is 0.0635. The maximum absolute atomic E-state index is 6.11. The monoisotopic (exact) mass is 392 g/mol. The van der Waals surface area contributed by atoms with Gasteiger partial charge >= 0.3 is 0 Å². The number of methoxy groups -OCH3 is 1. The lowest BCUT2D eigenvalue weighted by molar-refractivity contribution is 0.106. The number of rotatable bonds is 6. The van der Waals surface area contributed by atoms with Crippen LogP contribution >= 0.6 is 11.6 Å². The molecule has 6 heteroatoms. The fourth-order valence-corrected chi connectivity index (χ4v) is 4.50. The molecule has 1 saturated heterocycles. The third-order valence-electron chi connectivity index (χ3n) is 5.89. The van der Waals surface area contributed by atoms with Gasteiger partial charge in [0.05, 0.1) is 6.10 Å². The van der Waals surface area contributed by atoms with E-state index >= 15 is 0 Å². The minimum atomic E-state index is -0.0635. The van der Waals surface area contributed by atoms with Crippen molar-refractivity contribution < 1.29 is 4.74 Å². The van der Waals surface area contributed by atoms with Gasteiger partial charge in [-0.15, -0.1) is 0 Å². The molecule has 1 unspecified atom stereocenters. The van der Waals surface area contributed by atoms with Crippen molar-refractivity contribution in [2.24, 2.45) is 4.99 Å². The number of halogens is 1. The summed E-state index contributed by atoms with van der Waals surface area (Å²) < 4.78 is 5.64. The first kappa shape index (κ1) is 20.4. The van der Waals surface area contributed by atoms with Crippen LogP contribution in [0.15, 0.2) is 29.3 Å². The number of ether oxygens (including phenoxy) is 1. The summed E-state index contributed by atoms with van der Waals surface area (Å²) in [5.41, 5.74) is 1.07. The van der Waals surface area contributed by atoms with Gasteiger partial charge in [-0.05, 0) is 43.4 Å². The quantitative estimate of drug-likeness (QED) is 0.573. The van der Waals surface area contributed by atoms with Crippen molar-refractivity contribution in [3.05, 3.63) is 34.9 Å². The summed E-state index contributed by atoms with van der Waals surface area (Å²) in [6.45, 7) is 3.04. The normalized spacial score (nSPS) is 21.4. The zero-order valence-electron chi connectivity index (χ0n) is 16.6. The third kappa shape index (κ3) is 5.84. The number of nitrogens with one attached hydrogen (secondary N) is 2. The Bertz CT molecular complexity index is 610. The molecule has 3 rings (SSSR count). The molecule has 1 saturated carbocycles. The largest absolute Gasteiger partial charge is 0.375 e. The molecule has 150 valence electrons. The van der Waals surface area contributed by atoms with Crippen molar-refractivity contribution in [3.8, 4) is 0 Å². The molecule has 1 aromatic carbocycles. The number of guanidine groups is 1. The molecule has 1 heterocycles. The van der Waals surface area contributed by atoms with Gasteiger partial charge in [0, 0.05) is 50.9 Å². The molecule has 1 aliphatic heterocycles. The first-order valence-corrected chi connectivity index (χ1v) is 10.6. The fourth-order valence-electron chi connectivity index (χ4n) is 4.30. The Morgan fingerprint density at radius 2 is 2.00 bits per heavy atom. The summed E-state index contributed by atoms with van der Waals surface area (Å²) >= 11 is 6.11. The summed E-state index contributed by atoms with van der Waals surface area (Å²) in [6.07, 6.45) is 7.90. The lowest BCUT2D eigenvalue weighted by atomic mass is 10.0. The second-order valence-corrected chi connectivity index (χ2v) is 8.06. The molecule has 5 nitrogen and oxygen atoms in total. The predicted molar refractivity (Wildman–Crippen MR) is 113 cm³/mol. The average Bonchev–Trinajstić information content (AvgIpc) is 3.23. The van der Waals surface area contributed by atoms with E-state index in [2.05, 4.69) is 20.5 Å².